The van der Waals surface area contributed by atoms with Gasteiger partial charge in [-0.3, -0.25) is 4.79 Å². The van der Waals surface area contributed by atoms with Crippen molar-refractivity contribution in [1.29, 1.82) is 0 Å². The molecule has 0 radical (unpaired) electrons. The van der Waals surface area contributed by atoms with Gasteiger partial charge in [-0.1, -0.05) is 31.5 Å². The lowest BCUT2D eigenvalue weighted by Gasteiger charge is -2.25. The summed E-state index contributed by atoms with van der Waals surface area (Å²) in [4.78, 5) is 15.0. The van der Waals surface area contributed by atoms with Crippen molar-refractivity contribution in [3.8, 4) is 0 Å². The summed E-state index contributed by atoms with van der Waals surface area (Å²) in [5.74, 6) is 0.0751. The number of nitrogens with two attached hydrogens (primary N) is 1. The van der Waals surface area contributed by atoms with E-state index in [1.165, 1.54) is 11.3 Å². The number of carbonyl (C=O) groups is 1. The van der Waals surface area contributed by atoms with Gasteiger partial charge in [0.15, 0.2) is 0 Å². The zero-order valence-corrected chi connectivity index (χ0v) is 12.3. The fourth-order valence-electron chi connectivity index (χ4n) is 1.51. The summed E-state index contributed by atoms with van der Waals surface area (Å²) in [6, 6.07) is 3.29. The van der Waals surface area contributed by atoms with Crippen molar-refractivity contribution < 1.29 is 4.79 Å². The summed E-state index contributed by atoms with van der Waals surface area (Å²) < 4.78 is 0.726. The summed E-state index contributed by atoms with van der Waals surface area (Å²) >= 11 is 7.36. The van der Waals surface area contributed by atoms with Crippen LogP contribution in [0.15, 0.2) is 24.8 Å². The molecule has 1 atom stereocenters. The van der Waals surface area contributed by atoms with E-state index in [9.17, 15) is 4.79 Å². The van der Waals surface area contributed by atoms with E-state index >= 15 is 0 Å². The van der Waals surface area contributed by atoms with Crippen LogP contribution in [0.1, 0.15) is 18.7 Å². The molecule has 0 saturated heterocycles. The molecular weight excluding hydrogens is 268 g/mol. The van der Waals surface area contributed by atoms with Gasteiger partial charge in [0.2, 0.25) is 5.91 Å². The molecule has 0 aromatic carbocycles. The Kier molecular flexibility index (Phi) is 5.85. The van der Waals surface area contributed by atoms with Crippen molar-refractivity contribution in [2.75, 3.05) is 6.54 Å². The SMILES string of the molecule is C=CCN(Cc1ccc(Cl)s1)C(=O)[C@@H](N)C(C)C. The summed E-state index contributed by atoms with van der Waals surface area (Å²) in [5, 5.41) is 0. The highest BCUT2D eigenvalue weighted by Gasteiger charge is 2.23. The molecule has 1 rings (SSSR count). The lowest BCUT2D eigenvalue weighted by Crippen LogP contribution is -2.46. The van der Waals surface area contributed by atoms with E-state index < -0.39 is 6.04 Å². The number of rotatable bonds is 6. The maximum absolute atomic E-state index is 12.2. The first-order valence-corrected chi connectivity index (χ1v) is 7.04. The Balaban J connectivity index is 2.76. The van der Waals surface area contributed by atoms with Crippen LogP contribution in [0.2, 0.25) is 4.34 Å². The molecule has 1 aromatic rings. The third-order valence-corrected chi connectivity index (χ3v) is 3.86. The van der Waals surface area contributed by atoms with Crippen molar-refractivity contribution in [3.63, 3.8) is 0 Å². The van der Waals surface area contributed by atoms with Gasteiger partial charge in [0, 0.05) is 11.4 Å². The summed E-state index contributed by atoms with van der Waals surface area (Å²) in [7, 11) is 0. The van der Waals surface area contributed by atoms with Gasteiger partial charge in [0.25, 0.3) is 0 Å². The van der Waals surface area contributed by atoms with Gasteiger partial charge in [-0.2, -0.15) is 0 Å². The molecule has 0 aliphatic carbocycles. The summed E-state index contributed by atoms with van der Waals surface area (Å²) in [5.41, 5.74) is 5.90. The third kappa shape index (κ3) is 4.12. The van der Waals surface area contributed by atoms with Crippen molar-refractivity contribution in [2.24, 2.45) is 11.7 Å². The Hall–Kier alpha value is -0.840. The Bertz CT molecular complexity index is 417. The molecule has 1 aromatic heterocycles. The van der Waals surface area contributed by atoms with Crippen LogP contribution in [-0.2, 0) is 11.3 Å². The van der Waals surface area contributed by atoms with E-state index in [0.29, 0.717) is 13.1 Å². The molecule has 0 fully saturated rings. The maximum Gasteiger partial charge on any atom is 0.240 e. The first kappa shape index (κ1) is 15.2. The smallest absolute Gasteiger partial charge is 0.240 e. The van der Waals surface area contributed by atoms with Gasteiger partial charge in [-0.25, -0.2) is 0 Å². The Morgan fingerprint density at radius 3 is 2.72 bits per heavy atom. The lowest BCUT2D eigenvalue weighted by atomic mass is 10.0. The highest BCUT2D eigenvalue weighted by Crippen LogP contribution is 2.23. The molecule has 18 heavy (non-hydrogen) atoms. The minimum Gasteiger partial charge on any atom is -0.332 e. The Morgan fingerprint density at radius 1 is 1.61 bits per heavy atom. The van der Waals surface area contributed by atoms with Gasteiger partial charge in [-0.15, -0.1) is 17.9 Å². The van der Waals surface area contributed by atoms with Crippen molar-refractivity contribution in [2.45, 2.75) is 26.4 Å². The standard InChI is InChI=1S/C13H19ClN2OS/c1-4-7-16(13(17)12(15)9(2)3)8-10-5-6-11(14)18-10/h4-6,9,12H,1,7-8,15H2,2-3H3/t12-/m0/s1. The van der Waals surface area contributed by atoms with Gasteiger partial charge < -0.3 is 10.6 Å². The van der Waals surface area contributed by atoms with Crippen LogP contribution in [0.3, 0.4) is 0 Å². The molecule has 2 N–H and O–H groups in total. The minimum atomic E-state index is -0.472. The topological polar surface area (TPSA) is 46.3 Å². The first-order valence-electron chi connectivity index (χ1n) is 5.85. The Morgan fingerprint density at radius 2 is 2.28 bits per heavy atom. The van der Waals surface area contributed by atoms with E-state index in [2.05, 4.69) is 6.58 Å². The zero-order chi connectivity index (χ0) is 13.7. The van der Waals surface area contributed by atoms with E-state index in [1.807, 2.05) is 26.0 Å². The predicted octanol–water partition coefficient (Wildman–Crippen LogP) is 2.90. The van der Waals surface area contributed by atoms with Crippen LogP contribution in [0, 0.1) is 5.92 Å². The molecule has 0 bridgehead atoms. The van der Waals surface area contributed by atoms with E-state index in [-0.39, 0.29) is 11.8 Å². The zero-order valence-electron chi connectivity index (χ0n) is 10.7. The number of hydrogen-bond acceptors (Lipinski definition) is 3. The predicted molar refractivity (Wildman–Crippen MR) is 77.8 cm³/mol. The molecule has 5 heteroatoms. The van der Waals surface area contributed by atoms with Gasteiger partial charge >= 0.3 is 0 Å². The van der Waals surface area contributed by atoms with Gasteiger partial charge in [0.05, 0.1) is 16.9 Å². The van der Waals surface area contributed by atoms with Crippen LogP contribution >= 0.6 is 22.9 Å². The van der Waals surface area contributed by atoms with Crippen molar-refractivity contribution in [3.05, 3.63) is 34.0 Å². The van der Waals surface area contributed by atoms with E-state index in [1.54, 1.807) is 11.0 Å². The fourth-order valence-corrected chi connectivity index (χ4v) is 2.61. The highest BCUT2D eigenvalue weighted by molar-refractivity contribution is 7.16. The molecular formula is C13H19ClN2OS. The largest absolute Gasteiger partial charge is 0.332 e. The number of nitrogens with zero attached hydrogens (tertiary/aromatic N) is 1. The molecule has 0 aliphatic rings. The number of amides is 1. The quantitative estimate of drug-likeness (QED) is 0.818. The molecule has 3 nitrogen and oxygen atoms in total. The molecule has 0 aliphatic heterocycles. The van der Waals surface area contributed by atoms with Crippen LogP contribution in [0.25, 0.3) is 0 Å². The molecule has 1 heterocycles. The van der Waals surface area contributed by atoms with Gasteiger partial charge in [0.1, 0.15) is 0 Å². The number of hydrogen-bond donors (Lipinski definition) is 1. The second kappa shape index (κ2) is 6.92. The highest BCUT2D eigenvalue weighted by atomic mass is 35.5. The number of halogens is 1. The monoisotopic (exact) mass is 286 g/mol. The first-order chi connectivity index (χ1) is 8.45. The molecule has 0 saturated carbocycles. The van der Waals surface area contributed by atoms with E-state index in [4.69, 9.17) is 17.3 Å². The number of thiophene rings is 1. The minimum absolute atomic E-state index is 0.0468. The molecule has 1 amide bonds. The second-order valence-corrected chi connectivity index (χ2v) is 6.28. The maximum atomic E-state index is 12.2. The molecule has 0 spiro atoms. The van der Waals surface area contributed by atoms with Crippen LogP contribution in [0.4, 0.5) is 0 Å². The third-order valence-electron chi connectivity index (χ3n) is 2.64. The second-order valence-electron chi connectivity index (χ2n) is 4.48. The summed E-state index contributed by atoms with van der Waals surface area (Å²) in [6.07, 6.45) is 1.71. The van der Waals surface area contributed by atoms with Crippen LogP contribution < -0.4 is 5.73 Å². The lowest BCUT2D eigenvalue weighted by molar-refractivity contribution is -0.133. The van der Waals surface area contributed by atoms with Crippen molar-refractivity contribution >= 4 is 28.8 Å². The van der Waals surface area contributed by atoms with E-state index in [0.717, 1.165) is 9.21 Å². The fraction of sp³-hybridized carbons (Fsp3) is 0.462. The number of carbonyl (C=O) groups excluding carboxylic acids is 1. The summed E-state index contributed by atoms with van der Waals surface area (Å²) in [6.45, 7) is 8.58. The molecule has 0 unspecified atom stereocenters. The van der Waals surface area contributed by atoms with Crippen molar-refractivity contribution in [1.82, 2.24) is 4.90 Å². The molecule has 100 valence electrons. The normalized spacial score (nSPS) is 12.5. The average Bonchev–Trinajstić information content (AvgIpc) is 2.72. The average molecular weight is 287 g/mol. The van der Waals surface area contributed by atoms with Crippen LogP contribution in [0.5, 0.6) is 0 Å². The van der Waals surface area contributed by atoms with Crippen LogP contribution in [-0.4, -0.2) is 23.4 Å². The van der Waals surface area contributed by atoms with Gasteiger partial charge in [-0.05, 0) is 18.1 Å². The Labute approximate surface area is 117 Å².